The van der Waals surface area contributed by atoms with Crippen LogP contribution >= 0.6 is 27.5 Å². The minimum Gasteiger partial charge on any atom is -0.455 e. The maximum absolute atomic E-state index is 13.6. The second-order valence-electron chi connectivity index (χ2n) is 5.20. The smallest absolute Gasteiger partial charge is 0.153 e. The van der Waals surface area contributed by atoms with Gasteiger partial charge in [0.15, 0.2) is 5.75 Å². The van der Waals surface area contributed by atoms with Crippen molar-refractivity contribution in [3.63, 3.8) is 0 Å². The molecule has 2 nitrogen and oxygen atoms in total. The maximum atomic E-state index is 13.6. The molecule has 2 N–H and O–H groups in total. The molecule has 112 valence electrons. The fourth-order valence-electron chi connectivity index (χ4n) is 1.97. The third-order valence-electron chi connectivity index (χ3n) is 3.19. The van der Waals surface area contributed by atoms with E-state index < -0.39 is 5.82 Å². The van der Waals surface area contributed by atoms with Crippen molar-refractivity contribution in [1.82, 2.24) is 0 Å². The van der Waals surface area contributed by atoms with Gasteiger partial charge in [-0.05, 0) is 58.1 Å². The van der Waals surface area contributed by atoms with E-state index in [0.717, 1.165) is 11.1 Å². The summed E-state index contributed by atoms with van der Waals surface area (Å²) in [5.41, 5.74) is 8.08. The summed E-state index contributed by atoms with van der Waals surface area (Å²) in [6.45, 7) is 5.98. The molecule has 2 aromatic rings. The zero-order valence-corrected chi connectivity index (χ0v) is 14.3. The van der Waals surface area contributed by atoms with Crippen molar-refractivity contribution in [2.45, 2.75) is 26.7 Å². The Hall–Kier alpha value is -1.26. The van der Waals surface area contributed by atoms with Crippen LogP contribution in [-0.4, -0.2) is 0 Å². The van der Waals surface area contributed by atoms with Gasteiger partial charge in [-0.3, -0.25) is 0 Å². The minimum atomic E-state index is -0.421. The van der Waals surface area contributed by atoms with Crippen LogP contribution in [0.2, 0.25) is 5.02 Å². The van der Waals surface area contributed by atoms with E-state index in [9.17, 15) is 4.39 Å². The van der Waals surface area contributed by atoms with Crippen molar-refractivity contribution in [2.24, 2.45) is 0 Å². The number of hydrogen-bond acceptors (Lipinski definition) is 2. The first kappa shape index (κ1) is 16.1. The molecule has 2 rings (SSSR count). The highest BCUT2D eigenvalue weighted by molar-refractivity contribution is 9.10. The predicted octanol–water partition coefficient (Wildman–Crippen LogP) is 6.05. The second kappa shape index (κ2) is 6.24. The van der Waals surface area contributed by atoms with Gasteiger partial charge in [0.05, 0.1) is 10.2 Å². The molecule has 0 amide bonds. The summed E-state index contributed by atoms with van der Waals surface area (Å²) in [6, 6.07) is 6.47. The first-order valence-electron chi connectivity index (χ1n) is 6.52. The quantitative estimate of drug-likeness (QED) is 0.666. The molecule has 0 bridgehead atoms. The lowest BCUT2D eigenvalue weighted by atomic mass is 10.0. The summed E-state index contributed by atoms with van der Waals surface area (Å²) >= 11 is 9.32. The van der Waals surface area contributed by atoms with Gasteiger partial charge in [-0.1, -0.05) is 25.4 Å². The molecule has 0 unspecified atom stereocenters. The van der Waals surface area contributed by atoms with E-state index in [4.69, 9.17) is 22.1 Å². The van der Waals surface area contributed by atoms with E-state index in [1.165, 1.54) is 12.1 Å². The van der Waals surface area contributed by atoms with Crippen LogP contribution in [0.4, 0.5) is 10.1 Å². The Morgan fingerprint density at radius 1 is 1.19 bits per heavy atom. The van der Waals surface area contributed by atoms with Crippen molar-refractivity contribution in [3.8, 4) is 11.5 Å². The summed E-state index contributed by atoms with van der Waals surface area (Å²) in [6.07, 6.45) is 0. The molecule has 0 saturated heterocycles. The molecule has 0 aliphatic carbocycles. The van der Waals surface area contributed by atoms with Crippen LogP contribution in [0.25, 0.3) is 0 Å². The highest BCUT2D eigenvalue weighted by Gasteiger charge is 2.13. The van der Waals surface area contributed by atoms with Gasteiger partial charge in [-0.15, -0.1) is 0 Å². The zero-order chi connectivity index (χ0) is 15.7. The van der Waals surface area contributed by atoms with Crippen LogP contribution in [0.1, 0.15) is 30.9 Å². The molecule has 0 radical (unpaired) electrons. The Labute approximate surface area is 137 Å². The summed E-state index contributed by atoms with van der Waals surface area (Å²) in [5, 5.41) is 0.699. The molecule has 0 heterocycles. The van der Waals surface area contributed by atoms with Gasteiger partial charge in [0.25, 0.3) is 0 Å². The molecular weight excluding hydrogens is 357 g/mol. The van der Waals surface area contributed by atoms with E-state index >= 15 is 0 Å². The van der Waals surface area contributed by atoms with Gasteiger partial charge in [-0.2, -0.15) is 0 Å². The first-order chi connectivity index (χ1) is 9.79. The molecule has 0 fully saturated rings. The summed E-state index contributed by atoms with van der Waals surface area (Å²) in [7, 11) is 0. The lowest BCUT2D eigenvalue weighted by Gasteiger charge is -2.15. The third-order valence-corrected chi connectivity index (χ3v) is 4.12. The van der Waals surface area contributed by atoms with Gasteiger partial charge in [0.1, 0.15) is 11.6 Å². The highest BCUT2D eigenvalue weighted by Crippen LogP contribution is 2.37. The molecule has 2 aromatic carbocycles. The molecule has 0 aromatic heterocycles. The average molecular weight is 373 g/mol. The van der Waals surface area contributed by atoms with Gasteiger partial charge < -0.3 is 10.5 Å². The largest absolute Gasteiger partial charge is 0.455 e. The molecule has 5 heteroatoms. The summed E-state index contributed by atoms with van der Waals surface area (Å²) < 4.78 is 19.7. The first-order valence-corrected chi connectivity index (χ1v) is 7.69. The van der Waals surface area contributed by atoms with Gasteiger partial charge in [0.2, 0.25) is 0 Å². The van der Waals surface area contributed by atoms with Crippen LogP contribution < -0.4 is 10.5 Å². The minimum absolute atomic E-state index is 0.263. The number of nitrogen functional groups attached to an aromatic ring is 1. The standard InChI is InChI=1S/C16H16BrClFNO/c1-8(2)10-5-15(9(3)4-12(10)18)21-16-7-13(19)11(17)6-14(16)20/h4-8H,20H2,1-3H3. The van der Waals surface area contributed by atoms with Crippen molar-refractivity contribution in [1.29, 1.82) is 0 Å². The zero-order valence-electron chi connectivity index (χ0n) is 12.0. The van der Waals surface area contributed by atoms with Crippen molar-refractivity contribution >= 4 is 33.2 Å². The Morgan fingerprint density at radius 2 is 1.86 bits per heavy atom. The third kappa shape index (κ3) is 3.50. The lowest BCUT2D eigenvalue weighted by Crippen LogP contribution is -1.97. The van der Waals surface area contributed by atoms with Crippen molar-refractivity contribution < 1.29 is 9.13 Å². The number of ether oxygens (including phenoxy) is 1. The molecule has 0 atom stereocenters. The number of nitrogens with two attached hydrogens (primary N) is 1. The normalized spacial score (nSPS) is 11.0. The highest BCUT2D eigenvalue weighted by atomic mass is 79.9. The van der Waals surface area contributed by atoms with Crippen LogP contribution in [0.3, 0.4) is 0 Å². The number of aryl methyl sites for hydroxylation is 1. The number of rotatable bonds is 3. The number of halogens is 3. The van der Waals surface area contributed by atoms with E-state index in [-0.39, 0.29) is 11.7 Å². The van der Waals surface area contributed by atoms with Crippen LogP contribution in [0, 0.1) is 12.7 Å². The van der Waals surface area contributed by atoms with Crippen LogP contribution in [-0.2, 0) is 0 Å². The Kier molecular flexibility index (Phi) is 4.79. The van der Waals surface area contributed by atoms with E-state index in [0.29, 0.717) is 20.9 Å². The second-order valence-corrected chi connectivity index (χ2v) is 6.46. The van der Waals surface area contributed by atoms with Crippen LogP contribution in [0.5, 0.6) is 11.5 Å². The van der Waals surface area contributed by atoms with Crippen molar-refractivity contribution in [2.75, 3.05) is 5.73 Å². The lowest BCUT2D eigenvalue weighted by molar-refractivity contribution is 0.474. The SMILES string of the molecule is Cc1cc(Cl)c(C(C)C)cc1Oc1cc(F)c(Br)cc1N. The Balaban J connectivity index is 2.44. The fourth-order valence-corrected chi connectivity index (χ4v) is 2.77. The van der Waals surface area contributed by atoms with Crippen molar-refractivity contribution in [3.05, 3.63) is 50.7 Å². The van der Waals surface area contributed by atoms with E-state index in [2.05, 4.69) is 15.9 Å². The van der Waals surface area contributed by atoms with Gasteiger partial charge in [-0.25, -0.2) is 4.39 Å². The Morgan fingerprint density at radius 3 is 2.48 bits per heavy atom. The predicted molar refractivity (Wildman–Crippen MR) is 88.9 cm³/mol. The molecular formula is C16H16BrClFNO. The van der Waals surface area contributed by atoms with E-state index in [1.807, 2.05) is 32.9 Å². The van der Waals surface area contributed by atoms with Gasteiger partial charge in [0, 0.05) is 11.1 Å². The monoisotopic (exact) mass is 371 g/mol. The van der Waals surface area contributed by atoms with Gasteiger partial charge >= 0.3 is 0 Å². The molecule has 0 spiro atoms. The summed E-state index contributed by atoms with van der Waals surface area (Å²) in [4.78, 5) is 0. The van der Waals surface area contributed by atoms with E-state index in [1.54, 1.807) is 0 Å². The molecule has 0 saturated carbocycles. The number of hydrogen-bond donors (Lipinski definition) is 1. The fraction of sp³-hybridized carbons (Fsp3) is 0.250. The topological polar surface area (TPSA) is 35.2 Å². The average Bonchev–Trinajstić information content (AvgIpc) is 2.38. The molecule has 0 aliphatic rings. The molecule has 21 heavy (non-hydrogen) atoms. The Bertz CT molecular complexity index is 688. The number of anilines is 1. The van der Waals surface area contributed by atoms with Crippen LogP contribution in [0.15, 0.2) is 28.7 Å². The summed E-state index contributed by atoms with van der Waals surface area (Å²) in [5.74, 6) is 0.752. The molecule has 0 aliphatic heterocycles. The number of benzene rings is 2. The maximum Gasteiger partial charge on any atom is 0.153 e.